The van der Waals surface area contributed by atoms with Crippen molar-refractivity contribution in [2.45, 2.75) is 25.7 Å². The SMILES string of the molecule is Cc1ccc(-c2noc(C3CCN(C(=O)CNC(=O)c4ccco4)CC3)n2)cc1. The molecule has 0 unspecified atom stereocenters. The fourth-order valence-electron chi connectivity index (χ4n) is 3.36. The van der Waals surface area contributed by atoms with Gasteiger partial charge in [0.1, 0.15) is 0 Å². The van der Waals surface area contributed by atoms with E-state index in [1.54, 1.807) is 17.0 Å². The average Bonchev–Trinajstić information content (AvgIpc) is 3.45. The summed E-state index contributed by atoms with van der Waals surface area (Å²) in [5.74, 6) is 1.00. The van der Waals surface area contributed by atoms with E-state index < -0.39 is 5.91 Å². The van der Waals surface area contributed by atoms with Gasteiger partial charge in [-0.15, -0.1) is 0 Å². The van der Waals surface area contributed by atoms with E-state index in [0.29, 0.717) is 24.8 Å². The molecule has 0 aliphatic carbocycles. The lowest BCUT2D eigenvalue weighted by atomic mass is 9.96. The molecular formula is C21H22N4O4. The molecule has 1 aliphatic rings. The van der Waals surface area contributed by atoms with Crippen LogP contribution in [0.15, 0.2) is 51.6 Å². The monoisotopic (exact) mass is 394 g/mol. The number of aromatic nitrogens is 2. The first-order chi connectivity index (χ1) is 14.1. The molecule has 8 nitrogen and oxygen atoms in total. The maximum Gasteiger partial charge on any atom is 0.287 e. The van der Waals surface area contributed by atoms with E-state index in [2.05, 4.69) is 15.5 Å². The van der Waals surface area contributed by atoms with Gasteiger partial charge in [0, 0.05) is 24.6 Å². The lowest BCUT2D eigenvalue weighted by Crippen LogP contribution is -2.43. The number of likely N-dealkylation sites (tertiary alicyclic amines) is 1. The predicted molar refractivity (Wildman–Crippen MR) is 104 cm³/mol. The van der Waals surface area contributed by atoms with Crippen molar-refractivity contribution in [3.8, 4) is 11.4 Å². The molecule has 0 spiro atoms. The molecule has 150 valence electrons. The number of nitrogens with zero attached hydrogens (tertiary/aromatic N) is 3. The summed E-state index contributed by atoms with van der Waals surface area (Å²) in [4.78, 5) is 30.5. The molecule has 0 saturated carbocycles. The van der Waals surface area contributed by atoms with Crippen molar-refractivity contribution in [1.29, 1.82) is 0 Å². The van der Waals surface area contributed by atoms with Crippen molar-refractivity contribution >= 4 is 11.8 Å². The molecule has 1 fully saturated rings. The van der Waals surface area contributed by atoms with Crippen LogP contribution >= 0.6 is 0 Å². The molecule has 1 saturated heterocycles. The number of aryl methyl sites for hydroxylation is 1. The fourth-order valence-corrected chi connectivity index (χ4v) is 3.36. The minimum absolute atomic E-state index is 0.0532. The van der Waals surface area contributed by atoms with Gasteiger partial charge in [0.15, 0.2) is 5.76 Å². The van der Waals surface area contributed by atoms with Crippen LogP contribution in [0, 0.1) is 6.92 Å². The standard InChI is InChI=1S/C21H22N4O4/c1-14-4-6-15(7-5-14)19-23-21(29-24-19)16-8-10-25(11-9-16)18(26)13-22-20(27)17-3-2-12-28-17/h2-7,12,16H,8-11,13H2,1H3,(H,22,27). The number of nitrogens with one attached hydrogen (secondary N) is 1. The molecule has 4 rings (SSSR count). The fraction of sp³-hybridized carbons (Fsp3) is 0.333. The lowest BCUT2D eigenvalue weighted by molar-refractivity contribution is -0.131. The molecule has 1 N–H and O–H groups in total. The Balaban J connectivity index is 1.28. The van der Waals surface area contributed by atoms with E-state index in [0.717, 1.165) is 18.4 Å². The van der Waals surface area contributed by atoms with Crippen molar-refractivity contribution in [1.82, 2.24) is 20.4 Å². The molecule has 1 aliphatic heterocycles. The number of carbonyl (C=O) groups excluding carboxylic acids is 2. The van der Waals surface area contributed by atoms with Gasteiger partial charge >= 0.3 is 0 Å². The number of amides is 2. The van der Waals surface area contributed by atoms with Gasteiger partial charge in [-0.2, -0.15) is 4.98 Å². The first-order valence-electron chi connectivity index (χ1n) is 9.60. The van der Waals surface area contributed by atoms with Crippen molar-refractivity contribution in [3.05, 3.63) is 59.9 Å². The minimum Gasteiger partial charge on any atom is -0.459 e. The van der Waals surface area contributed by atoms with Gasteiger partial charge in [0.2, 0.25) is 17.6 Å². The largest absolute Gasteiger partial charge is 0.459 e. The normalized spacial score (nSPS) is 14.7. The Kier molecular flexibility index (Phi) is 5.41. The maximum absolute atomic E-state index is 12.4. The molecule has 0 radical (unpaired) electrons. The lowest BCUT2D eigenvalue weighted by Gasteiger charge is -2.30. The van der Waals surface area contributed by atoms with Crippen molar-refractivity contribution in [2.24, 2.45) is 0 Å². The van der Waals surface area contributed by atoms with Crippen molar-refractivity contribution in [3.63, 3.8) is 0 Å². The molecule has 3 heterocycles. The van der Waals surface area contributed by atoms with Gasteiger partial charge in [-0.05, 0) is 31.9 Å². The van der Waals surface area contributed by atoms with Gasteiger partial charge in [-0.3, -0.25) is 9.59 Å². The summed E-state index contributed by atoms with van der Waals surface area (Å²) in [7, 11) is 0. The van der Waals surface area contributed by atoms with Gasteiger partial charge < -0.3 is 19.2 Å². The van der Waals surface area contributed by atoms with E-state index in [4.69, 9.17) is 8.94 Å². The Labute approximate surface area is 167 Å². The van der Waals surface area contributed by atoms with Crippen LogP contribution < -0.4 is 5.32 Å². The summed E-state index contributed by atoms with van der Waals surface area (Å²) in [6, 6.07) is 11.2. The van der Waals surface area contributed by atoms with E-state index in [1.807, 2.05) is 31.2 Å². The Morgan fingerprint density at radius 2 is 1.93 bits per heavy atom. The molecule has 8 heteroatoms. The summed E-state index contributed by atoms with van der Waals surface area (Å²) in [6.45, 7) is 3.15. The highest BCUT2D eigenvalue weighted by atomic mass is 16.5. The quantitative estimate of drug-likeness (QED) is 0.714. The van der Waals surface area contributed by atoms with Crippen LogP contribution in [0.25, 0.3) is 11.4 Å². The molecule has 2 amide bonds. The zero-order valence-corrected chi connectivity index (χ0v) is 16.1. The van der Waals surface area contributed by atoms with Crippen LogP contribution in [0.5, 0.6) is 0 Å². The molecule has 1 aromatic carbocycles. The van der Waals surface area contributed by atoms with Crippen molar-refractivity contribution < 1.29 is 18.5 Å². The molecular weight excluding hydrogens is 372 g/mol. The smallest absolute Gasteiger partial charge is 0.287 e. The number of hydrogen-bond acceptors (Lipinski definition) is 6. The average molecular weight is 394 g/mol. The Bertz CT molecular complexity index is 971. The van der Waals surface area contributed by atoms with Crippen LogP contribution in [-0.2, 0) is 4.79 Å². The van der Waals surface area contributed by atoms with E-state index in [-0.39, 0.29) is 24.1 Å². The molecule has 0 atom stereocenters. The van der Waals surface area contributed by atoms with Crippen LogP contribution in [0.4, 0.5) is 0 Å². The first-order valence-corrected chi connectivity index (χ1v) is 9.60. The second kappa shape index (κ2) is 8.30. The molecule has 0 bridgehead atoms. The van der Waals surface area contributed by atoms with Gasteiger partial charge in [-0.25, -0.2) is 0 Å². The number of piperidine rings is 1. The second-order valence-electron chi connectivity index (χ2n) is 7.14. The summed E-state index contributed by atoms with van der Waals surface area (Å²) in [6.07, 6.45) is 2.91. The molecule has 29 heavy (non-hydrogen) atoms. The minimum atomic E-state index is -0.396. The van der Waals surface area contributed by atoms with Crippen LogP contribution in [0.3, 0.4) is 0 Å². The predicted octanol–water partition coefficient (Wildman–Crippen LogP) is 2.77. The van der Waals surface area contributed by atoms with Gasteiger partial charge in [-0.1, -0.05) is 35.0 Å². The van der Waals surface area contributed by atoms with Crippen LogP contribution in [-0.4, -0.2) is 46.5 Å². The zero-order chi connectivity index (χ0) is 20.2. The highest BCUT2D eigenvalue weighted by Gasteiger charge is 2.28. The van der Waals surface area contributed by atoms with Crippen LogP contribution in [0.1, 0.15) is 40.8 Å². The third-order valence-corrected chi connectivity index (χ3v) is 5.09. The first kappa shape index (κ1) is 18.9. The maximum atomic E-state index is 12.4. The van der Waals surface area contributed by atoms with Gasteiger partial charge in [0.05, 0.1) is 12.8 Å². The summed E-state index contributed by atoms with van der Waals surface area (Å²) in [5, 5.41) is 6.68. The van der Waals surface area contributed by atoms with E-state index in [1.165, 1.54) is 11.8 Å². The number of hydrogen-bond donors (Lipinski definition) is 1. The van der Waals surface area contributed by atoms with Gasteiger partial charge in [0.25, 0.3) is 5.91 Å². The number of benzene rings is 1. The highest BCUT2D eigenvalue weighted by Crippen LogP contribution is 2.28. The topological polar surface area (TPSA) is 101 Å². The number of carbonyl (C=O) groups is 2. The number of rotatable bonds is 5. The third kappa shape index (κ3) is 4.37. The Morgan fingerprint density at radius 3 is 2.62 bits per heavy atom. The van der Waals surface area contributed by atoms with Crippen LogP contribution in [0.2, 0.25) is 0 Å². The zero-order valence-electron chi connectivity index (χ0n) is 16.1. The Hall–Kier alpha value is -3.42. The van der Waals surface area contributed by atoms with E-state index >= 15 is 0 Å². The van der Waals surface area contributed by atoms with Crippen molar-refractivity contribution in [2.75, 3.05) is 19.6 Å². The summed E-state index contributed by atoms with van der Waals surface area (Å²) >= 11 is 0. The third-order valence-electron chi connectivity index (χ3n) is 5.09. The Morgan fingerprint density at radius 1 is 1.17 bits per heavy atom. The number of furan rings is 1. The second-order valence-corrected chi connectivity index (χ2v) is 7.14. The molecule has 3 aromatic rings. The summed E-state index contributed by atoms with van der Waals surface area (Å²) in [5.41, 5.74) is 2.10. The summed E-state index contributed by atoms with van der Waals surface area (Å²) < 4.78 is 10.5. The highest BCUT2D eigenvalue weighted by molar-refractivity contribution is 5.94. The molecule has 2 aromatic heterocycles. The van der Waals surface area contributed by atoms with E-state index in [9.17, 15) is 9.59 Å².